The van der Waals surface area contributed by atoms with Crippen LogP contribution in [0.25, 0.3) is 0 Å². The number of nitro groups is 1. The number of aromatic nitrogens is 1. The number of likely N-dealkylation sites (N-methyl/N-ethyl adjacent to an activating group) is 1. The number of carbonyl (C=O) groups is 1. The van der Waals surface area contributed by atoms with Crippen LogP contribution < -0.4 is 5.32 Å². The molecule has 0 amide bonds. The van der Waals surface area contributed by atoms with Gasteiger partial charge < -0.3 is 15.3 Å². The van der Waals surface area contributed by atoms with E-state index in [0.717, 1.165) is 25.2 Å². The van der Waals surface area contributed by atoms with Crippen molar-refractivity contribution in [1.29, 1.82) is 0 Å². The highest BCUT2D eigenvalue weighted by molar-refractivity contribution is 5.86. The van der Waals surface area contributed by atoms with Crippen molar-refractivity contribution in [2.75, 3.05) is 25.0 Å². The molecule has 0 radical (unpaired) electrons. The molecule has 0 aromatic carbocycles. The number of hydrogen-bond donors (Lipinski definition) is 2. The van der Waals surface area contributed by atoms with E-state index in [1.54, 1.807) is 0 Å². The first-order valence-corrected chi connectivity index (χ1v) is 6.76. The molecule has 0 spiro atoms. The number of hydrogen-bond acceptors (Lipinski definition) is 6. The van der Waals surface area contributed by atoms with Gasteiger partial charge in [0.15, 0.2) is 5.69 Å². The minimum absolute atomic E-state index is 0.0143. The summed E-state index contributed by atoms with van der Waals surface area (Å²) in [7, 11) is 0. The van der Waals surface area contributed by atoms with Gasteiger partial charge in [-0.3, -0.25) is 10.1 Å². The van der Waals surface area contributed by atoms with E-state index in [4.69, 9.17) is 5.11 Å². The summed E-state index contributed by atoms with van der Waals surface area (Å²) in [6, 6.07) is 2.18. The third-order valence-corrected chi connectivity index (χ3v) is 3.10. The molecular formula is C13H20N4O4. The van der Waals surface area contributed by atoms with Gasteiger partial charge >= 0.3 is 11.7 Å². The average Bonchev–Trinajstić information content (AvgIpc) is 2.44. The van der Waals surface area contributed by atoms with Gasteiger partial charge in [0.05, 0.1) is 4.92 Å². The minimum Gasteiger partial charge on any atom is -0.477 e. The van der Waals surface area contributed by atoms with Crippen LogP contribution >= 0.6 is 0 Å². The van der Waals surface area contributed by atoms with E-state index in [1.807, 2.05) is 20.8 Å². The van der Waals surface area contributed by atoms with E-state index in [9.17, 15) is 14.9 Å². The lowest BCUT2D eigenvalue weighted by atomic mass is 10.2. The van der Waals surface area contributed by atoms with E-state index in [2.05, 4.69) is 15.2 Å². The highest BCUT2D eigenvalue weighted by atomic mass is 16.6. The molecule has 0 fully saturated rings. The van der Waals surface area contributed by atoms with Gasteiger partial charge in [-0.25, -0.2) is 9.78 Å². The molecule has 0 aliphatic heterocycles. The van der Waals surface area contributed by atoms with E-state index in [0.29, 0.717) is 6.54 Å². The van der Waals surface area contributed by atoms with Crippen molar-refractivity contribution in [3.63, 3.8) is 0 Å². The average molecular weight is 296 g/mol. The van der Waals surface area contributed by atoms with Crippen molar-refractivity contribution >= 4 is 17.5 Å². The van der Waals surface area contributed by atoms with Crippen molar-refractivity contribution in [3.8, 4) is 0 Å². The fourth-order valence-corrected chi connectivity index (χ4v) is 1.97. The second-order valence-electron chi connectivity index (χ2n) is 4.66. The van der Waals surface area contributed by atoms with Gasteiger partial charge in [-0.15, -0.1) is 0 Å². The highest BCUT2D eigenvalue weighted by Gasteiger charge is 2.20. The largest absolute Gasteiger partial charge is 0.477 e. The molecule has 116 valence electrons. The van der Waals surface area contributed by atoms with Crippen LogP contribution in [-0.2, 0) is 0 Å². The molecule has 1 aromatic rings. The lowest BCUT2D eigenvalue weighted by Crippen LogP contribution is -2.35. The molecule has 1 unspecified atom stereocenters. The van der Waals surface area contributed by atoms with Crippen LogP contribution in [0.5, 0.6) is 0 Å². The summed E-state index contributed by atoms with van der Waals surface area (Å²) in [5.41, 5.74) is -0.454. The number of nitrogens with zero attached hydrogens (tertiary/aromatic N) is 3. The Bertz CT molecular complexity index is 517. The molecule has 1 aromatic heterocycles. The van der Waals surface area contributed by atoms with Crippen molar-refractivity contribution < 1.29 is 14.8 Å². The molecule has 8 nitrogen and oxygen atoms in total. The lowest BCUT2D eigenvalue weighted by Gasteiger charge is -2.23. The lowest BCUT2D eigenvalue weighted by molar-refractivity contribution is -0.384. The van der Waals surface area contributed by atoms with E-state index in [1.165, 1.54) is 0 Å². The maximum Gasteiger partial charge on any atom is 0.354 e. The smallest absolute Gasteiger partial charge is 0.354 e. The second-order valence-corrected chi connectivity index (χ2v) is 4.66. The number of carboxylic acid groups (broad SMARTS) is 1. The second kappa shape index (κ2) is 7.53. The summed E-state index contributed by atoms with van der Waals surface area (Å²) in [5.74, 6) is -1.23. The molecule has 0 aliphatic carbocycles. The molecule has 8 heteroatoms. The quantitative estimate of drug-likeness (QED) is 0.556. The number of nitrogens with one attached hydrogen (secondary N) is 1. The van der Waals surface area contributed by atoms with Crippen molar-refractivity contribution in [2.24, 2.45) is 0 Å². The van der Waals surface area contributed by atoms with Crippen molar-refractivity contribution in [2.45, 2.75) is 26.8 Å². The van der Waals surface area contributed by atoms with E-state index >= 15 is 0 Å². The summed E-state index contributed by atoms with van der Waals surface area (Å²) in [6.45, 7) is 8.35. The predicted octanol–water partition coefficient (Wildman–Crippen LogP) is 1.83. The van der Waals surface area contributed by atoms with Gasteiger partial charge in [-0.1, -0.05) is 13.8 Å². The Balaban J connectivity index is 2.96. The molecule has 21 heavy (non-hydrogen) atoms. The van der Waals surface area contributed by atoms with Crippen LogP contribution in [0.1, 0.15) is 31.3 Å². The zero-order chi connectivity index (χ0) is 16.0. The van der Waals surface area contributed by atoms with Crippen LogP contribution in [0.2, 0.25) is 0 Å². The Kier molecular flexibility index (Phi) is 6.04. The molecule has 0 aliphatic rings. The summed E-state index contributed by atoms with van der Waals surface area (Å²) < 4.78 is 0. The van der Waals surface area contributed by atoms with Crippen LogP contribution in [0.15, 0.2) is 12.1 Å². The maximum atomic E-state index is 11.0. The van der Waals surface area contributed by atoms with Crippen LogP contribution in [0, 0.1) is 10.1 Å². The first-order chi connectivity index (χ1) is 9.88. The Hall–Kier alpha value is -2.22. The fraction of sp³-hybridized carbons (Fsp3) is 0.538. The Labute approximate surface area is 122 Å². The Morgan fingerprint density at radius 2 is 2.10 bits per heavy atom. The number of aromatic carboxylic acids is 1. The molecule has 1 atom stereocenters. The normalized spacial score (nSPS) is 12.2. The zero-order valence-electron chi connectivity index (χ0n) is 12.4. The monoisotopic (exact) mass is 296 g/mol. The van der Waals surface area contributed by atoms with Gasteiger partial charge in [-0.05, 0) is 26.1 Å². The third kappa shape index (κ3) is 4.67. The number of carboxylic acids is 1. The van der Waals surface area contributed by atoms with Gasteiger partial charge in [-0.2, -0.15) is 0 Å². The predicted molar refractivity (Wildman–Crippen MR) is 78.7 cm³/mol. The van der Waals surface area contributed by atoms with Crippen molar-refractivity contribution in [3.05, 3.63) is 27.9 Å². The zero-order valence-corrected chi connectivity index (χ0v) is 12.4. The van der Waals surface area contributed by atoms with Crippen LogP contribution in [0.4, 0.5) is 11.5 Å². The van der Waals surface area contributed by atoms with Gasteiger partial charge in [0.25, 0.3) is 0 Å². The fourth-order valence-electron chi connectivity index (χ4n) is 1.97. The number of anilines is 1. The van der Waals surface area contributed by atoms with Gasteiger partial charge in [0.2, 0.25) is 5.82 Å². The topological polar surface area (TPSA) is 109 Å². The van der Waals surface area contributed by atoms with Crippen LogP contribution in [0.3, 0.4) is 0 Å². The van der Waals surface area contributed by atoms with Gasteiger partial charge in [0, 0.05) is 18.7 Å². The highest BCUT2D eigenvalue weighted by Crippen LogP contribution is 2.23. The Morgan fingerprint density at radius 1 is 1.48 bits per heavy atom. The minimum atomic E-state index is -1.22. The molecule has 1 heterocycles. The van der Waals surface area contributed by atoms with E-state index < -0.39 is 10.9 Å². The molecule has 0 bridgehead atoms. The first-order valence-electron chi connectivity index (χ1n) is 6.76. The molecule has 2 N–H and O–H groups in total. The summed E-state index contributed by atoms with van der Waals surface area (Å²) >= 11 is 0. The summed E-state index contributed by atoms with van der Waals surface area (Å²) in [4.78, 5) is 27.3. The summed E-state index contributed by atoms with van der Waals surface area (Å²) in [6.07, 6.45) is 0. The van der Waals surface area contributed by atoms with Crippen LogP contribution in [-0.4, -0.2) is 51.6 Å². The SMILES string of the molecule is CCN(CC)CC(C)Nc1nc(C(=O)O)ccc1[N+](=O)[O-]. The van der Waals surface area contributed by atoms with Gasteiger partial charge in [0.1, 0.15) is 0 Å². The van der Waals surface area contributed by atoms with Crippen molar-refractivity contribution in [1.82, 2.24) is 9.88 Å². The molecule has 1 rings (SSSR count). The summed E-state index contributed by atoms with van der Waals surface area (Å²) in [5, 5.41) is 22.8. The standard InChI is InChI=1S/C13H20N4O4/c1-4-16(5-2)8-9(3)14-12-11(17(20)21)7-6-10(15-12)13(18)19/h6-7,9H,4-5,8H2,1-3H3,(H,14,15)(H,18,19). The molecular weight excluding hydrogens is 276 g/mol. The third-order valence-electron chi connectivity index (χ3n) is 3.10. The Morgan fingerprint density at radius 3 is 2.57 bits per heavy atom. The number of rotatable bonds is 8. The maximum absolute atomic E-state index is 11.0. The molecule has 0 saturated heterocycles. The first kappa shape index (κ1) is 16.8. The molecule has 0 saturated carbocycles. The van der Waals surface area contributed by atoms with E-state index in [-0.39, 0.29) is 23.2 Å². The number of pyridine rings is 1.